The van der Waals surface area contributed by atoms with Crippen molar-refractivity contribution in [2.45, 2.75) is 171 Å². The molecule has 5 rings (SSSR count). The Bertz CT molecular complexity index is 3100. The molecule has 2 aliphatic rings. The third-order valence-electron chi connectivity index (χ3n) is 15.2. The van der Waals surface area contributed by atoms with Crippen molar-refractivity contribution in [3.63, 3.8) is 0 Å². The SMILES string of the molecule is C=CCOC(=O)NCC(=O)N[C@@H](C)C(=O)N[C@@H](Cc1ccc(OC[C@H]2O[C@@H](n3ccc(=O)[nH]c3=O)[C@H](O[Si](C)(C)C(C)(C)C)[C@@H]2OC[C@H]2O[C@@H](n3ccc(=O)[nH]c3=O)[C@H](O)[C@@H]2O)cc1)C(=O)N[C@H](C(=O)NCC(=O)O)[C@@H](C)O[Si](C)(C)C(C)(C)C. The lowest BCUT2D eigenvalue weighted by Crippen LogP contribution is -2.61. The zero-order valence-electron chi connectivity index (χ0n) is 49.8. The summed E-state index contributed by atoms with van der Waals surface area (Å²) in [7, 11) is -5.44. The molecule has 2 aliphatic heterocycles. The highest BCUT2D eigenvalue weighted by molar-refractivity contribution is 6.74. The molecule has 2 fully saturated rings. The van der Waals surface area contributed by atoms with Gasteiger partial charge in [-0.25, -0.2) is 14.4 Å². The smallest absolute Gasteiger partial charge is 0.407 e. The van der Waals surface area contributed by atoms with E-state index < -0.39 is 173 Å². The number of hydrogen-bond donors (Lipinski definition) is 10. The van der Waals surface area contributed by atoms with Crippen molar-refractivity contribution in [1.82, 2.24) is 45.7 Å². The van der Waals surface area contributed by atoms with Crippen molar-refractivity contribution in [2.75, 3.05) is 32.9 Å². The van der Waals surface area contributed by atoms with Crippen LogP contribution in [0.5, 0.6) is 5.75 Å². The van der Waals surface area contributed by atoms with Gasteiger partial charge in [-0.3, -0.25) is 52.7 Å². The summed E-state index contributed by atoms with van der Waals surface area (Å²) in [6.07, 6.45) is -8.98. The van der Waals surface area contributed by atoms with Crippen LogP contribution in [0.2, 0.25) is 36.3 Å². The first-order chi connectivity index (χ1) is 39.5. The Balaban J connectivity index is 1.44. The van der Waals surface area contributed by atoms with Crippen molar-refractivity contribution in [3.05, 3.63) is 109 Å². The molecule has 29 nitrogen and oxygen atoms in total. The summed E-state index contributed by atoms with van der Waals surface area (Å²) in [5, 5.41) is 43.1. The Hall–Kier alpha value is -7.11. The molecule has 0 bridgehead atoms. The van der Waals surface area contributed by atoms with Crippen molar-refractivity contribution in [1.29, 1.82) is 0 Å². The summed E-state index contributed by atoms with van der Waals surface area (Å²) in [5.74, 6) is -4.50. The van der Waals surface area contributed by atoms with E-state index in [0.29, 0.717) is 5.56 Å². The molecular formula is C54H81N9O20Si2. The zero-order chi connectivity index (χ0) is 63.5. The topological polar surface area (TPSA) is 398 Å². The van der Waals surface area contributed by atoms with Gasteiger partial charge in [-0.1, -0.05) is 66.3 Å². The van der Waals surface area contributed by atoms with Gasteiger partial charge in [0.25, 0.3) is 11.1 Å². The van der Waals surface area contributed by atoms with Crippen LogP contribution in [0.1, 0.15) is 73.4 Å². The lowest BCUT2D eigenvalue weighted by molar-refractivity contribution is -0.139. The highest BCUT2D eigenvalue weighted by Crippen LogP contribution is 2.43. The van der Waals surface area contributed by atoms with Crippen molar-refractivity contribution in [2.24, 2.45) is 0 Å². The van der Waals surface area contributed by atoms with Gasteiger partial charge in [0, 0.05) is 30.9 Å². The summed E-state index contributed by atoms with van der Waals surface area (Å²) in [6.45, 7) is 23.8. The van der Waals surface area contributed by atoms with E-state index in [0.717, 1.165) is 27.5 Å². The van der Waals surface area contributed by atoms with E-state index in [9.17, 15) is 63.3 Å². The number of rotatable bonds is 27. The predicted molar refractivity (Wildman–Crippen MR) is 309 cm³/mol. The number of ether oxygens (including phenoxy) is 5. The number of aliphatic hydroxyl groups excluding tert-OH is 2. The zero-order valence-corrected chi connectivity index (χ0v) is 51.8. The maximum Gasteiger partial charge on any atom is 0.407 e. The van der Waals surface area contributed by atoms with Gasteiger partial charge < -0.3 is 74.4 Å². The summed E-state index contributed by atoms with van der Waals surface area (Å²) in [6, 6.07) is 4.20. The first-order valence-electron chi connectivity index (χ1n) is 27.4. The van der Waals surface area contributed by atoms with Crippen molar-refractivity contribution < 1.29 is 76.6 Å². The Morgan fingerprint density at radius 2 is 1.29 bits per heavy atom. The second-order valence-electron chi connectivity index (χ2n) is 23.7. The number of carbonyl (C=O) groups is 6. The van der Waals surface area contributed by atoms with Crippen molar-refractivity contribution in [3.8, 4) is 5.75 Å². The molecule has 10 N–H and O–H groups in total. The van der Waals surface area contributed by atoms with Gasteiger partial charge >= 0.3 is 23.4 Å². The number of carbonyl (C=O) groups excluding carboxylic acids is 5. The maximum atomic E-state index is 14.5. The Kier molecular flexibility index (Phi) is 23.3. The highest BCUT2D eigenvalue weighted by atomic mass is 28.4. The van der Waals surface area contributed by atoms with Crippen LogP contribution in [0.15, 0.2) is 80.6 Å². The van der Waals surface area contributed by atoms with Crippen LogP contribution in [0.3, 0.4) is 0 Å². The number of aromatic nitrogens is 4. The number of nitrogens with one attached hydrogen (secondary N) is 7. The molecule has 12 atom stereocenters. The number of aromatic amines is 2. The number of aliphatic hydroxyl groups is 2. The van der Waals surface area contributed by atoms with Crippen LogP contribution >= 0.6 is 0 Å². The van der Waals surface area contributed by atoms with E-state index in [4.69, 9.17) is 32.5 Å². The van der Waals surface area contributed by atoms with Gasteiger partial charge in [0.05, 0.1) is 12.7 Å². The third kappa shape index (κ3) is 18.5. The molecule has 5 amide bonds. The number of amides is 5. The van der Waals surface area contributed by atoms with Crippen LogP contribution in [0, 0.1) is 0 Å². The molecule has 0 radical (unpaired) electrons. The van der Waals surface area contributed by atoms with E-state index in [1.807, 2.05) is 67.7 Å². The van der Waals surface area contributed by atoms with E-state index in [1.54, 1.807) is 31.2 Å². The fourth-order valence-corrected chi connectivity index (χ4v) is 11.1. The molecule has 1 aromatic carbocycles. The molecule has 0 unspecified atom stereocenters. The summed E-state index contributed by atoms with van der Waals surface area (Å²) < 4.78 is 45.6. The number of nitrogens with zero attached hydrogens (tertiary/aromatic N) is 2. The van der Waals surface area contributed by atoms with Gasteiger partial charge in [0.2, 0.25) is 23.6 Å². The minimum atomic E-state index is -2.81. The Labute approximate surface area is 491 Å². The number of carboxylic acids is 1. The lowest BCUT2D eigenvalue weighted by atomic mass is 10.0. The molecular weight excluding hydrogens is 1150 g/mol. The van der Waals surface area contributed by atoms with Gasteiger partial charge in [-0.05, 0) is 67.8 Å². The van der Waals surface area contributed by atoms with E-state index in [-0.39, 0.29) is 30.4 Å². The summed E-state index contributed by atoms with van der Waals surface area (Å²) in [5.41, 5.74) is -2.66. The molecule has 4 heterocycles. The quantitative estimate of drug-likeness (QED) is 0.0355. The summed E-state index contributed by atoms with van der Waals surface area (Å²) >= 11 is 0. The molecule has 470 valence electrons. The van der Waals surface area contributed by atoms with Gasteiger partial charge in [-0.2, -0.15) is 0 Å². The van der Waals surface area contributed by atoms with E-state index >= 15 is 0 Å². The number of benzene rings is 1. The Morgan fingerprint density at radius 1 is 0.718 bits per heavy atom. The van der Waals surface area contributed by atoms with Crippen LogP contribution in [-0.4, -0.2) is 181 Å². The van der Waals surface area contributed by atoms with Gasteiger partial charge in [0.1, 0.15) is 86.8 Å². The largest absolute Gasteiger partial charge is 0.491 e. The minimum absolute atomic E-state index is 0.117. The fourth-order valence-electron chi connectivity index (χ4n) is 8.44. The standard InChI is InChI=1S/C54H81N9O20Si2/c1-14-23-77-52(76)56-25-38(66)57-29(2)45(71)58-33(46(72)61-40(47(73)55-26-39(67)68)30(3)82-84(10,11)53(4,5)6)24-31-15-17-32(18-16-31)78-28-35-43(79-27-34-41(69)42(70)48(80-34)62-21-19-36(64)59-50(62)74)44(83-85(12,13)54(7,8)9)49(81-35)63-22-20-37(65)60-51(63)75/h14-22,29-30,33-35,40-44,48-49,69-70H,1,23-28H2,2-13H3,(H,55,73)(H,56,76)(H,57,66)(H,58,71)(H,61,72)(H,67,68)(H,59,64,74)(H,60,65,75)/t29-,30+,33-,34+,35+,40-,41+,42+,43+,44+,48+,49+/m0/s1. The average molecular weight is 1230 g/mol. The normalized spacial score (nSPS) is 22.2. The van der Waals surface area contributed by atoms with Crippen LogP contribution in [0.25, 0.3) is 0 Å². The van der Waals surface area contributed by atoms with Gasteiger partial charge in [-0.15, -0.1) is 0 Å². The first kappa shape index (κ1) is 68.7. The third-order valence-corrected chi connectivity index (χ3v) is 24.3. The van der Waals surface area contributed by atoms with Gasteiger partial charge in [0.15, 0.2) is 29.1 Å². The summed E-state index contributed by atoms with van der Waals surface area (Å²) in [4.78, 5) is 133. The molecule has 0 aliphatic carbocycles. The molecule has 85 heavy (non-hydrogen) atoms. The van der Waals surface area contributed by atoms with E-state index in [1.165, 1.54) is 19.2 Å². The predicted octanol–water partition coefficient (Wildman–Crippen LogP) is -0.00190. The second-order valence-corrected chi connectivity index (χ2v) is 33.2. The first-order valence-corrected chi connectivity index (χ1v) is 33.3. The number of alkyl carbamates (subject to hydrolysis) is 1. The number of hydrogen-bond acceptors (Lipinski definition) is 19. The van der Waals surface area contributed by atoms with Crippen LogP contribution < -0.4 is 53.8 Å². The highest BCUT2D eigenvalue weighted by Gasteiger charge is 2.53. The fraction of sp³-hybridized carbons (Fsp3) is 0.593. The monoisotopic (exact) mass is 1230 g/mol. The molecule has 2 aromatic heterocycles. The van der Waals surface area contributed by atoms with Crippen LogP contribution in [0.4, 0.5) is 4.79 Å². The number of carboxylic acid groups (broad SMARTS) is 1. The number of aliphatic carboxylic acids is 1. The van der Waals surface area contributed by atoms with Crippen molar-refractivity contribution >= 4 is 52.3 Å². The molecule has 2 saturated heterocycles. The molecule has 31 heteroatoms. The molecule has 0 saturated carbocycles. The molecule has 0 spiro atoms. The maximum absolute atomic E-state index is 14.5. The minimum Gasteiger partial charge on any atom is -0.491 e. The average Bonchev–Trinajstić information content (AvgIpc) is 2.27. The van der Waals surface area contributed by atoms with Crippen LogP contribution in [-0.2, 0) is 58.2 Å². The molecule has 3 aromatic rings. The number of H-pyrrole nitrogens is 2. The Morgan fingerprint density at radius 3 is 1.85 bits per heavy atom. The second kappa shape index (κ2) is 28.9. The van der Waals surface area contributed by atoms with E-state index in [2.05, 4.69) is 43.1 Å². The lowest BCUT2D eigenvalue weighted by Gasteiger charge is -2.40.